The lowest BCUT2D eigenvalue weighted by Gasteiger charge is -2.31. The van der Waals surface area contributed by atoms with E-state index in [1.165, 1.54) is 32.4 Å². The Balaban J connectivity index is 2.48. The predicted octanol–water partition coefficient (Wildman–Crippen LogP) is 5.35. The second-order valence-electron chi connectivity index (χ2n) is 6.97. The van der Waals surface area contributed by atoms with E-state index in [1.807, 2.05) is 0 Å². The molecule has 0 radical (unpaired) electrons. The molecule has 122 valence electrons. The quantitative estimate of drug-likeness (QED) is 0.272. The van der Waals surface area contributed by atoms with Crippen molar-refractivity contribution in [2.45, 2.75) is 82.8 Å². The fourth-order valence-corrected chi connectivity index (χ4v) is 4.03. The summed E-state index contributed by atoms with van der Waals surface area (Å²) in [6, 6.07) is 0. The van der Waals surface area contributed by atoms with E-state index in [2.05, 4.69) is 19.6 Å². The van der Waals surface area contributed by atoms with Crippen LogP contribution in [0.3, 0.4) is 0 Å². The second kappa shape index (κ2) is 8.23. The third-order valence-corrected chi connectivity index (χ3v) is 5.03. The van der Waals surface area contributed by atoms with Gasteiger partial charge in [-0.25, -0.2) is 0 Å². The topological polar surface area (TPSA) is 35.5 Å². The van der Waals surface area contributed by atoms with Crippen LogP contribution >= 0.6 is 11.6 Å². The highest BCUT2D eigenvalue weighted by atomic mass is 35.5. The molecule has 0 aromatic carbocycles. The Morgan fingerprint density at radius 1 is 1.24 bits per heavy atom. The number of rotatable bonds is 7. The summed E-state index contributed by atoms with van der Waals surface area (Å²) in [7, 11) is -1.69. The largest absolute Gasteiger partial charge is 0.545 e. The maximum Gasteiger partial charge on any atom is 0.307 e. The number of allylic oxidation sites excluding steroid dienone is 1. The normalized spacial score (nSPS) is 19.2. The van der Waals surface area contributed by atoms with Gasteiger partial charge in [-0.2, -0.15) is 0 Å². The zero-order chi connectivity index (χ0) is 15.9. The molecule has 21 heavy (non-hydrogen) atoms. The number of ether oxygens (including phenoxy) is 1. The van der Waals surface area contributed by atoms with E-state index in [9.17, 15) is 4.79 Å². The van der Waals surface area contributed by atoms with Crippen LogP contribution in [0.1, 0.15) is 58.3 Å². The Labute approximate surface area is 135 Å². The second-order valence-corrected chi connectivity index (χ2v) is 12.2. The van der Waals surface area contributed by atoms with Gasteiger partial charge in [0, 0.05) is 18.2 Å². The number of esters is 1. The molecule has 1 aliphatic rings. The first-order valence-corrected chi connectivity index (χ1v) is 11.7. The smallest absolute Gasteiger partial charge is 0.307 e. The predicted molar refractivity (Wildman–Crippen MR) is 89.8 cm³/mol. The first-order chi connectivity index (χ1) is 9.70. The van der Waals surface area contributed by atoms with Gasteiger partial charge in [-0.1, -0.05) is 19.3 Å². The molecule has 3 nitrogen and oxygen atoms in total. The summed E-state index contributed by atoms with van der Waals surface area (Å²) in [5.74, 6) is 0.466. The fraction of sp³-hybridized carbons (Fsp3) is 0.812. The molecule has 0 heterocycles. The van der Waals surface area contributed by atoms with Gasteiger partial charge in [-0.3, -0.25) is 4.79 Å². The van der Waals surface area contributed by atoms with Crippen molar-refractivity contribution in [2.24, 2.45) is 0 Å². The Morgan fingerprint density at radius 3 is 2.38 bits per heavy atom. The molecule has 1 saturated carbocycles. The molecule has 0 aromatic rings. The Morgan fingerprint density at radius 2 is 1.86 bits per heavy atom. The van der Waals surface area contributed by atoms with Crippen molar-refractivity contribution in [3.8, 4) is 0 Å². The summed E-state index contributed by atoms with van der Waals surface area (Å²) in [5.41, 5.74) is 0. The number of carbonyl (C=O) groups excluding carboxylic acids is 1. The molecule has 0 aliphatic heterocycles. The van der Waals surface area contributed by atoms with Crippen LogP contribution in [-0.2, 0) is 14.0 Å². The van der Waals surface area contributed by atoms with Crippen LogP contribution in [0, 0.1) is 0 Å². The molecule has 0 amide bonds. The van der Waals surface area contributed by atoms with Crippen molar-refractivity contribution in [3.63, 3.8) is 0 Å². The lowest BCUT2D eigenvalue weighted by atomic mass is 9.85. The van der Waals surface area contributed by atoms with E-state index in [0.717, 1.165) is 37.9 Å². The van der Waals surface area contributed by atoms with Gasteiger partial charge in [0.25, 0.3) is 0 Å². The van der Waals surface area contributed by atoms with Crippen molar-refractivity contribution >= 4 is 25.9 Å². The summed E-state index contributed by atoms with van der Waals surface area (Å²) >= 11 is 6.68. The maximum absolute atomic E-state index is 11.0. The minimum absolute atomic E-state index is 0.0239. The van der Waals surface area contributed by atoms with E-state index in [-0.39, 0.29) is 10.8 Å². The van der Waals surface area contributed by atoms with Crippen LogP contribution in [0.25, 0.3) is 0 Å². The first-order valence-electron chi connectivity index (χ1n) is 7.94. The van der Waals surface area contributed by atoms with E-state index in [1.54, 1.807) is 0 Å². The standard InChI is InChI=1S/C16H29ClO3Si/c1-14(18)19-13-15(20-21(2,3)4)9-8-12-16(17)10-6-5-7-11-16/h13H,5-12H2,1-4H3/b15-13-. The zero-order valence-corrected chi connectivity index (χ0v) is 15.6. The van der Waals surface area contributed by atoms with Crippen LogP contribution in [0.5, 0.6) is 0 Å². The van der Waals surface area contributed by atoms with Crippen molar-refractivity contribution < 1.29 is 14.0 Å². The first kappa shape index (κ1) is 18.6. The van der Waals surface area contributed by atoms with Crippen LogP contribution in [0.4, 0.5) is 0 Å². The van der Waals surface area contributed by atoms with Gasteiger partial charge in [-0.05, 0) is 45.3 Å². The molecule has 1 aliphatic carbocycles. The van der Waals surface area contributed by atoms with Gasteiger partial charge in [0.05, 0.1) is 0 Å². The van der Waals surface area contributed by atoms with Crippen LogP contribution < -0.4 is 0 Å². The van der Waals surface area contributed by atoms with Gasteiger partial charge >= 0.3 is 5.97 Å². The molecule has 1 rings (SSSR count). The number of carbonyl (C=O) groups is 1. The van der Waals surface area contributed by atoms with Crippen LogP contribution in [0.15, 0.2) is 12.0 Å². The summed E-state index contributed by atoms with van der Waals surface area (Å²) in [6.45, 7) is 7.77. The molecule has 1 fully saturated rings. The van der Waals surface area contributed by atoms with Gasteiger partial charge in [0.2, 0.25) is 8.32 Å². The molecule has 0 atom stereocenters. The summed E-state index contributed by atoms with van der Waals surface area (Å²) in [4.78, 5) is 10.9. The lowest BCUT2D eigenvalue weighted by Crippen LogP contribution is -2.26. The molecular formula is C16H29ClO3Si. The fourth-order valence-electron chi connectivity index (χ4n) is 2.69. The monoisotopic (exact) mass is 332 g/mol. The maximum atomic E-state index is 11.0. The van der Waals surface area contributed by atoms with Crippen molar-refractivity contribution in [2.75, 3.05) is 0 Å². The van der Waals surface area contributed by atoms with E-state index in [4.69, 9.17) is 20.8 Å². The third kappa shape index (κ3) is 8.52. The van der Waals surface area contributed by atoms with Crippen LogP contribution in [0.2, 0.25) is 19.6 Å². The molecule has 0 bridgehead atoms. The number of hydrogen-bond acceptors (Lipinski definition) is 3. The SMILES string of the molecule is CC(=O)O/C=C(/CCCC1(Cl)CCCCC1)O[Si](C)(C)C. The summed E-state index contributed by atoms with van der Waals surface area (Å²) in [6.07, 6.45) is 10.3. The molecule has 0 saturated heterocycles. The number of hydrogen-bond donors (Lipinski definition) is 0. The average Bonchev–Trinajstić information content (AvgIpc) is 2.34. The minimum Gasteiger partial charge on any atom is -0.545 e. The van der Waals surface area contributed by atoms with Crippen LogP contribution in [-0.4, -0.2) is 19.2 Å². The van der Waals surface area contributed by atoms with Gasteiger partial charge in [0.15, 0.2) is 0 Å². The zero-order valence-electron chi connectivity index (χ0n) is 13.8. The Hall–Kier alpha value is -0.483. The van der Waals surface area contributed by atoms with Gasteiger partial charge < -0.3 is 9.16 Å². The van der Waals surface area contributed by atoms with Gasteiger partial charge in [-0.15, -0.1) is 11.6 Å². The summed E-state index contributed by atoms with van der Waals surface area (Å²) in [5, 5.41) is 0. The molecule has 0 aromatic heterocycles. The third-order valence-electron chi connectivity index (χ3n) is 3.59. The minimum atomic E-state index is -1.69. The lowest BCUT2D eigenvalue weighted by molar-refractivity contribution is -0.135. The molecule has 0 N–H and O–H groups in total. The van der Waals surface area contributed by atoms with E-state index in [0.29, 0.717) is 0 Å². The average molecular weight is 333 g/mol. The highest BCUT2D eigenvalue weighted by Gasteiger charge is 2.29. The van der Waals surface area contributed by atoms with Crippen molar-refractivity contribution in [1.82, 2.24) is 0 Å². The highest BCUT2D eigenvalue weighted by molar-refractivity contribution is 6.70. The van der Waals surface area contributed by atoms with E-state index >= 15 is 0 Å². The Kier molecular flexibility index (Phi) is 7.27. The van der Waals surface area contributed by atoms with Crippen molar-refractivity contribution in [1.29, 1.82) is 0 Å². The number of halogens is 1. The molecule has 0 spiro atoms. The Bertz CT molecular complexity index is 368. The molecule has 5 heteroatoms. The summed E-state index contributed by atoms with van der Waals surface area (Å²) < 4.78 is 11.0. The van der Waals surface area contributed by atoms with Gasteiger partial charge in [0.1, 0.15) is 12.0 Å². The molecule has 0 unspecified atom stereocenters. The van der Waals surface area contributed by atoms with E-state index < -0.39 is 8.32 Å². The van der Waals surface area contributed by atoms with Crippen molar-refractivity contribution in [3.05, 3.63) is 12.0 Å². The highest BCUT2D eigenvalue weighted by Crippen LogP contribution is 2.38. The molecular weight excluding hydrogens is 304 g/mol. The number of alkyl halides is 1.